The predicted molar refractivity (Wildman–Crippen MR) is 112 cm³/mol. The van der Waals surface area contributed by atoms with E-state index in [0.29, 0.717) is 11.8 Å². The van der Waals surface area contributed by atoms with Crippen molar-refractivity contribution in [2.75, 3.05) is 50.0 Å². The molecule has 2 aromatic carbocycles. The maximum absolute atomic E-state index is 5.80. The molecule has 8 heteroatoms. The Morgan fingerprint density at radius 3 is 2.52 bits per heavy atom. The maximum Gasteiger partial charge on any atom is 0.249 e. The van der Waals surface area contributed by atoms with Crippen molar-refractivity contribution in [3.8, 4) is 11.5 Å². The van der Waals surface area contributed by atoms with Gasteiger partial charge in [0.2, 0.25) is 5.95 Å². The van der Waals surface area contributed by atoms with Crippen LogP contribution >= 0.6 is 0 Å². The first-order chi connectivity index (χ1) is 14.3. The van der Waals surface area contributed by atoms with Crippen LogP contribution in [0.15, 0.2) is 60.8 Å². The second-order valence-electron chi connectivity index (χ2n) is 6.61. The third-order valence-corrected chi connectivity index (χ3v) is 4.49. The summed E-state index contributed by atoms with van der Waals surface area (Å²) < 4.78 is 11.2. The second kappa shape index (κ2) is 9.81. The van der Waals surface area contributed by atoms with Crippen molar-refractivity contribution in [2.45, 2.75) is 0 Å². The van der Waals surface area contributed by atoms with Crippen molar-refractivity contribution in [3.63, 3.8) is 0 Å². The van der Waals surface area contributed by atoms with Gasteiger partial charge in [-0.15, -0.1) is 5.10 Å². The summed E-state index contributed by atoms with van der Waals surface area (Å²) >= 11 is 0. The van der Waals surface area contributed by atoms with E-state index in [2.05, 4.69) is 30.7 Å². The fourth-order valence-corrected chi connectivity index (χ4v) is 2.97. The van der Waals surface area contributed by atoms with E-state index in [1.807, 2.05) is 54.6 Å². The molecule has 2 heterocycles. The SMILES string of the molecule is c1ccc(Oc2ccc(Nc3nncc(NCCN4CCOCC4)n3)cc2)cc1. The van der Waals surface area contributed by atoms with E-state index in [1.165, 1.54) is 0 Å². The largest absolute Gasteiger partial charge is 0.457 e. The molecule has 1 aliphatic rings. The molecule has 0 atom stereocenters. The highest BCUT2D eigenvalue weighted by Gasteiger charge is 2.09. The molecule has 0 amide bonds. The zero-order valence-electron chi connectivity index (χ0n) is 16.1. The van der Waals surface area contributed by atoms with Crippen molar-refractivity contribution >= 4 is 17.5 Å². The minimum absolute atomic E-state index is 0.443. The van der Waals surface area contributed by atoms with Crippen molar-refractivity contribution in [1.29, 1.82) is 0 Å². The van der Waals surface area contributed by atoms with Gasteiger partial charge in [0.05, 0.1) is 19.4 Å². The molecule has 150 valence electrons. The van der Waals surface area contributed by atoms with Gasteiger partial charge >= 0.3 is 0 Å². The molecule has 0 saturated carbocycles. The fourth-order valence-electron chi connectivity index (χ4n) is 2.97. The van der Waals surface area contributed by atoms with Gasteiger partial charge in [0.1, 0.15) is 11.5 Å². The number of ether oxygens (including phenoxy) is 2. The van der Waals surface area contributed by atoms with Gasteiger partial charge in [-0.05, 0) is 36.4 Å². The third kappa shape index (κ3) is 5.87. The number of hydrogen-bond acceptors (Lipinski definition) is 8. The Morgan fingerprint density at radius 1 is 0.966 bits per heavy atom. The number of para-hydroxylation sites is 1. The summed E-state index contributed by atoms with van der Waals surface area (Å²) in [6.45, 7) is 5.29. The first-order valence-corrected chi connectivity index (χ1v) is 9.69. The van der Waals surface area contributed by atoms with Crippen LogP contribution in [0.5, 0.6) is 11.5 Å². The van der Waals surface area contributed by atoms with Gasteiger partial charge in [-0.3, -0.25) is 4.90 Å². The van der Waals surface area contributed by atoms with Crippen molar-refractivity contribution in [3.05, 3.63) is 60.8 Å². The minimum Gasteiger partial charge on any atom is -0.457 e. The van der Waals surface area contributed by atoms with E-state index in [-0.39, 0.29) is 0 Å². The number of rotatable bonds is 8. The molecule has 0 radical (unpaired) electrons. The van der Waals surface area contributed by atoms with Crippen LogP contribution in [0.3, 0.4) is 0 Å². The van der Waals surface area contributed by atoms with E-state index >= 15 is 0 Å². The molecule has 1 fully saturated rings. The summed E-state index contributed by atoms with van der Waals surface area (Å²) in [5, 5.41) is 14.5. The summed E-state index contributed by atoms with van der Waals surface area (Å²) in [6.07, 6.45) is 1.63. The normalized spacial score (nSPS) is 14.3. The average molecular weight is 392 g/mol. The third-order valence-electron chi connectivity index (χ3n) is 4.49. The van der Waals surface area contributed by atoms with Crippen LogP contribution in [-0.2, 0) is 4.74 Å². The van der Waals surface area contributed by atoms with E-state index < -0.39 is 0 Å². The molecule has 8 nitrogen and oxygen atoms in total. The van der Waals surface area contributed by atoms with Crippen LogP contribution in [-0.4, -0.2) is 59.5 Å². The van der Waals surface area contributed by atoms with Gasteiger partial charge < -0.3 is 20.1 Å². The number of aromatic nitrogens is 3. The first-order valence-electron chi connectivity index (χ1n) is 9.69. The van der Waals surface area contributed by atoms with E-state index in [4.69, 9.17) is 9.47 Å². The highest BCUT2D eigenvalue weighted by Crippen LogP contribution is 2.23. The van der Waals surface area contributed by atoms with Crippen LogP contribution in [0.2, 0.25) is 0 Å². The van der Waals surface area contributed by atoms with Crippen molar-refractivity contribution < 1.29 is 9.47 Å². The second-order valence-corrected chi connectivity index (χ2v) is 6.61. The lowest BCUT2D eigenvalue weighted by molar-refractivity contribution is 0.0398. The Labute approximate surface area is 169 Å². The Bertz CT molecular complexity index is 885. The smallest absolute Gasteiger partial charge is 0.249 e. The number of morpholine rings is 1. The fraction of sp³-hybridized carbons (Fsp3) is 0.286. The van der Waals surface area contributed by atoms with Crippen LogP contribution in [0.1, 0.15) is 0 Å². The minimum atomic E-state index is 0.443. The molecule has 3 aromatic rings. The standard InChI is InChI=1S/C21H24N6O2/c1-2-4-18(5-3-1)29-19-8-6-17(7-9-19)24-21-25-20(16-23-26-21)22-10-11-27-12-14-28-15-13-27/h1-9,16H,10-15H2,(H2,22,24,25,26). The maximum atomic E-state index is 5.80. The van der Waals surface area contributed by atoms with Crippen LogP contribution in [0.4, 0.5) is 17.5 Å². The quantitative estimate of drug-likeness (QED) is 0.605. The number of anilines is 3. The molecule has 2 N–H and O–H groups in total. The van der Waals surface area contributed by atoms with Gasteiger partial charge in [-0.1, -0.05) is 18.2 Å². The van der Waals surface area contributed by atoms with Crippen LogP contribution in [0, 0.1) is 0 Å². The summed E-state index contributed by atoms with van der Waals surface area (Å²) in [4.78, 5) is 6.83. The Kier molecular flexibility index (Phi) is 6.46. The lowest BCUT2D eigenvalue weighted by atomic mass is 10.3. The number of nitrogens with zero attached hydrogens (tertiary/aromatic N) is 4. The molecule has 0 spiro atoms. The van der Waals surface area contributed by atoms with E-state index in [0.717, 1.165) is 56.6 Å². The Hall–Kier alpha value is -3.23. The van der Waals surface area contributed by atoms with Gasteiger partial charge in [0.15, 0.2) is 5.82 Å². The summed E-state index contributed by atoms with van der Waals surface area (Å²) in [7, 11) is 0. The van der Waals surface area contributed by atoms with Gasteiger partial charge in [0.25, 0.3) is 0 Å². The number of hydrogen-bond donors (Lipinski definition) is 2. The lowest BCUT2D eigenvalue weighted by Gasteiger charge is -2.26. The first kappa shape index (κ1) is 19.1. The van der Waals surface area contributed by atoms with Crippen LogP contribution < -0.4 is 15.4 Å². The summed E-state index contributed by atoms with van der Waals surface area (Å²) in [6, 6.07) is 17.3. The molecule has 1 saturated heterocycles. The highest BCUT2D eigenvalue weighted by atomic mass is 16.5. The van der Waals surface area contributed by atoms with Gasteiger partial charge in [0, 0.05) is 31.9 Å². The molecule has 1 aliphatic heterocycles. The van der Waals surface area contributed by atoms with E-state index in [1.54, 1.807) is 6.20 Å². The van der Waals surface area contributed by atoms with E-state index in [9.17, 15) is 0 Å². The molecular weight excluding hydrogens is 368 g/mol. The zero-order valence-corrected chi connectivity index (χ0v) is 16.1. The van der Waals surface area contributed by atoms with Crippen molar-refractivity contribution in [1.82, 2.24) is 20.1 Å². The number of benzene rings is 2. The number of nitrogens with one attached hydrogen (secondary N) is 2. The Morgan fingerprint density at radius 2 is 1.72 bits per heavy atom. The molecule has 1 aromatic heterocycles. The van der Waals surface area contributed by atoms with Gasteiger partial charge in [-0.25, -0.2) is 0 Å². The molecular formula is C21H24N6O2. The Balaban J connectivity index is 1.29. The summed E-state index contributed by atoms with van der Waals surface area (Å²) in [5.74, 6) is 2.70. The lowest BCUT2D eigenvalue weighted by Crippen LogP contribution is -2.39. The zero-order chi connectivity index (χ0) is 19.7. The summed E-state index contributed by atoms with van der Waals surface area (Å²) in [5.41, 5.74) is 0.859. The van der Waals surface area contributed by atoms with Crippen LogP contribution in [0.25, 0.3) is 0 Å². The van der Waals surface area contributed by atoms with Gasteiger partial charge in [-0.2, -0.15) is 10.1 Å². The monoisotopic (exact) mass is 392 g/mol. The molecule has 0 aliphatic carbocycles. The molecule has 4 rings (SSSR count). The molecule has 29 heavy (non-hydrogen) atoms. The van der Waals surface area contributed by atoms with Crippen molar-refractivity contribution in [2.24, 2.45) is 0 Å². The average Bonchev–Trinajstić information content (AvgIpc) is 2.77. The molecule has 0 unspecified atom stereocenters. The molecule has 0 bridgehead atoms. The predicted octanol–water partition coefficient (Wildman–Crippen LogP) is 3.15. The topological polar surface area (TPSA) is 84.4 Å². The highest BCUT2D eigenvalue weighted by molar-refractivity contribution is 5.55.